The second kappa shape index (κ2) is 2.14. The zero-order valence-electron chi connectivity index (χ0n) is 5.69. The summed E-state index contributed by atoms with van der Waals surface area (Å²) in [5.41, 5.74) is 1.59. The average molecular weight is 128 g/mol. The van der Waals surface area contributed by atoms with E-state index in [-0.39, 0.29) is 0 Å². The lowest BCUT2D eigenvalue weighted by molar-refractivity contribution is 0.946. The first-order valence-corrected chi connectivity index (χ1v) is 3.91. The van der Waals surface area contributed by atoms with Gasteiger partial charge in [-0.1, -0.05) is 12.5 Å². The fraction of sp³-hybridized carbons (Fsp3) is 0.714. The molecule has 0 unspecified atom stereocenters. The van der Waals surface area contributed by atoms with E-state index in [1.54, 1.807) is 5.57 Å². The molecule has 0 aromatic rings. The Morgan fingerprint density at radius 3 is 2.25 bits per heavy atom. The predicted octanol–water partition coefficient (Wildman–Crippen LogP) is 2.81. The molecule has 0 saturated heterocycles. The highest BCUT2D eigenvalue weighted by Gasteiger charge is 2.13. The molecule has 0 fully saturated rings. The van der Waals surface area contributed by atoms with E-state index in [2.05, 4.69) is 20.8 Å². The molecule has 0 aromatic heterocycles. The third kappa shape index (κ3) is 1.08. The van der Waals surface area contributed by atoms with E-state index in [9.17, 15) is 0 Å². The number of hydrogen-bond donors (Lipinski definition) is 0. The molecule has 0 aromatic carbocycles. The Morgan fingerprint density at radius 1 is 1.50 bits per heavy atom. The quantitative estimate of drug-likeness (QED) is 0.483. The van der Waals surface area contributed by atoms with E-state index < -0.39 is 0 Å². The molecular formula is C7H12S. The van der Waals surface area contributed by atoms with Gasteiger partial charge in [-0.3, -0.25) is 0 Å². The lowest BCUT2D eigenvalue weighted by atomic mass is 10.2. The second-order valence-electron chi connectivity index (χ2n) is 2.47. The molecule has 0 saturated carbocycles. The van der Waals surface area contributed by atoms with Crippen molar-refractivity contribution in [2.75, 3.05) is 0 Å². The van der Waals surface area contributed by atoms with Crippen LogP contribution < -0.4 is 0 Å². The molecule has 0 amide bonds. The summed E-state index contributed by atoms with van der Waals surface area (Å²) in [6, 6.07) is 0. The zero-order chi connectivity index (χ0) is 6.15. The standard InChI is InChI=1S/C7H12S/c1-5-4-6(2)8-7(5)3/h6H,4H2,1-3H3/t6-/m0/s1. The summed E-state index contributed by atoms with van der Waals surface area (Å²) in [4.78, 5) is 1.54. The monoisotopic (exact) mass is 128 g/mol. The summed E-state index contributed by atoms with van der Waals surface area (Å²) in [7, 11) is 0. The van der Waals surface area contributed by atoms with Gasteiger partial charge in [0.25, 0.3) is 0 Å². The maximum atomic E-state index is 2.28. The molecule has 1 heterocycles. The summed E-state index contributed by atoms with van der Waals surface area (Å²) >= 11 is 2.01. The second-order valence-corrected chi connectivity index (χ2v) is 4.12. The first-order chi connectivity index (χ1) is 3.70. The number of thioether (sulfide) groups is 1. The molecule has 8 heavy (non-hydrogen) atoms. The van der Waals surface area contributed by atoms with Crippen molar-refractivity contribution in [2.24, 2.45) is 0 Å². The SMILES string of the molecule is CC1=C(C)S[C@@H](C)C1. The fourth-order valence-corrected chi connectivity index (χ4v) is 2.24. The molecule has 1 aliphatic rings. The molecule has 46 valence electrons. The highest BCUT2D eigenvalue weighted by atomic mass is 32.2. The van der Waals surface area contributed by atoms with E-state index in [0.717, 1.165) is 5.25 Å². The molecule has 1 rings (SSSR count). The van der Waals surface area contributed by atoms with Gasteiger partial charge in [0.2, 0.25) is 0 Å². The molecule has 0 radical (unpaired) electrons. The minimum absolute atomic E-state index is 0.843. The van der Waals surface area contributed by atoms with Crippen LogP contribution in [0.4, 0.5) is 0 Å². The Hall–Kier alpha value is 0.0900. The Bertz CT molecular complexity index is 110. The fourth-order valence-electron chi connectivity index (χ4n) is 1.02. The first-order valence-electron chi connectivity index (χ1n) is 3.03. The van der Waals surface area contributed by atoms with Gasteiger partial charge < -0.3 is 0 Å². The van der Waals surface area contributed by atoms with Crippen LogP contribution in [0.2, 0.25) is 0 Å². The van der Waals surface area contributed by atoms with Crippen LogP contribution in [-0.4, -0.2) is 5.25 Å². The van der Waals surface area contributed by atoms with Crippen LogP contribution in [-0.2, 0) is 0 Å². The molecule has 0 spiro atoms. The van der Waals surface area contributed by atoms with Crippen LogP contribution in [0.1, 0.15) is 27.2 Å². The molecule has 0 bridgehead atoms. The van der Waals surface area contributed by atoms with E-state index in [4.69, 9.17) is 0 Å². The van der Waals surface area contributed by atoms with Gasteiger partial charge >= 0.3 is 0 Å². The molecule has 0 aliphatic carbocycles. The smallest absolute Gasteiger partial charge is 0.0100 e. The first kappa shape index (κ1) is 6.21. The van der Waals surface area contributed by atoms with Gasteiger partial charge in [0.1, 0.15) is 0 Å². The molecular weight excluding hydrogens is 116 g/mol. The Morgan fingerprint density at radius 2 is 2.12 bits per heavy atom. The Balaban J connectivity index is 2.60. The van der Waals surface area contributed by atoms with Crippen LogP contribution in [0.15, 0.2) is 10.5 Å². The lowest BCUT2D eigenvalue weighted by Crippen LogP contribution is -1.85. The van der Waals surface area contributed by atoms with Crippen molar-refractivity contribution in [2.45, 2.75) is 32.4 Å². The summed E-state index contributed by atoms with van der Waals surface area (Å²) in [6.07, 6.45) is 1.30. The van der Waals surface area contributed by atoms with Crippen LogP contribution in [0.3, 0.4) is 0 Å². The highest BCUT2D eigenvalue weighted by Crippen LogP contribution is 2.36. The lowest BCUT2D eigenvalue weighted by Gasteiger charge is -1.95. The van der Waals surface area contributed by atoms with E-state index in [1.807, 2.05) is 11.8 Å². The largest absolute Gasteiger partial charge is 0.128 e. The predicted molar refractivity (Wildman–Crippen MR) is 40.0 cm³/mol. The van der Waals surface area contributed by atoms with Gasteiger partial charge in [-0.25, -0.2) is 0 Å². The van der Waals surface area contributed by atoms with Crippen molar-refractivity contribution >= 4 is 11.8 Å². The summed E-state index contributed by atoms with van der Waals surface area (Å²) < 4.78 is 0. The van der Waals surface area contributed by atoms with Crippen molar-refractivity contribution < 1.29 is 0 Å². The summed E-state index contributed by atoms with van der Waals surface area (Å²) in [5.74, 6) is 0. The van der Waals surface area contributed by atoms with Crippen molar-refractivity contribution in [3.05, 3.63) is 10.5 Å². The van der Waals surface area contributed by atoms with Gasteiger partial charge in [0.15, 0.2) is 0 Å². The Kier molecular flexibility index (Phi) is 1.66. The van der Waals surface area contributed by atoms with Gasteiger partial charge in [-0.05, 0) is 25.2 Å². The minimum Gasteiger partial charge on any atom is -0.128 e. The molecule has 1 heteroatoms. The number of allylic oxidation sites excluding steroid dienone is 2. The minimum atomic E-state index is 0.843. The van der Waals surface area contributed by atoms with Crippen molar-refractivity contribution in [1.82, 2.24) is 0 Å². The van der Waals surface area contributed by atoms with E-state index in [1.165, 1.54) is 11.3 Å². The molecule has 1 aliphatic heterocycles. The summed E-state index contributed by atoms with van der Waals surface area (Å²) in [6.45, 7) is 6.72. The number of rotatable bonds is 0. The Labute approximate surface area is 55.4 Å². The zero-order valence-corrected chi connectivity index (χ0v) is 6.51. The third-order valence-electron chi connectivity index (χ3n) is 1.57. The normalized spacial score (nSPS) is 29.6. The van der Waals surface area contributed by atoms with E-state index in [0.29, 0.717) is 0 Å². The highest BCUT2D eigenvalue weighted by molar-refractivity contribution is 8.03. The van der Waals surface area contributed by atoms with Crippen molar-refractivity contribution in [3.63, 3.8) is 0 Å². The average Bonchev–Trinajstić information content (AvgIpc) is 1.85. The van der Waals surface area contributed by atoms with E-state index >= 15 is 0 Å². The third-order valence-corrected chi connectivity index (χ3v) is 2.84. The van der Waals surface area contributed by atoms with Crippen LogP contribution in [0.25, 0.3) is 0 Å². The van der Waals surface area contributed by atoms with Crippen LogP contribution >= 0.6 is 11.8 Å². The number of hydrogen-bond acceptors (Lipinski definition) is 1. The molecule has 1 atom stereocenters. The molecule has 0 N–H and O–H groups in total. The summed E-state index contributed by atoms with van der Waals surface area (Å²) in [5, 5.41) is 0.843. The van der Waals surface area contributed by atoms with Gasteiger partial charge in [0, 0.05) is 5.25 Å². The van der Waals surface area contributed by atoms with Gasteiger partial charge in [-0.2, -0.15) is 0 Å². The van der Waals surface area contributed by atoms with Crippen LogP contribution in [0, 0.1) is 0 Å². The van der Waals surface area contributed by atoms with Crippen molar-refractivity contribution in [1.29, 1.82) is 0 Å². The maximum absolute atomic E-state index is 2.28. The van der Waals surface area contributed by atoms with Gasteiger partial charge in [-0.15, -0.1) is 11.8 Å². The topological polar surface area (TPSA) is 0 Å². The van der Waals surface area contributed by atoms with Gasteiger partial charge in [0.05, 0.1) is 0 Å². The van der Waals surface area contributed by atoms with Crippen LogP contribution in [0.5, 0.6) is 0 Å². The molecule has 0 nitrogen and oxygen atoms in total. The maximum Gasteiger partial charge on any atom is 0.0100 e. The van der Waals surface area contributed by atoms with Crippen molar-refractivity contribution in [3.8, 4) is 0 Å².